The number of aldehydes is 1. The lowest BCUT2D eigenvalue weighted by atomic mass is 10.0. The number of aliphatic carboxylic acids is 1. The van der Waals surface area contributed by atoms with Gasteiger partial charge in [-0.05, 0) is 31.9 Å². The predicted molar refractivity (Wildman–Crippen MR) is 141 cm³/mol. The Morgan fingerprint density at radius 3 is 2.35 bits per heavy atom. The highest BCUT2D eigenvalue weighted by Gasteiger charge is 2.31. The van der Waals surface area contributed by atoms with Crippen molar-refractivity contribution in [2.45, 2.75) is 64.3 Å². The van der Waals surface area contributed by atoms with E-state index >= 15 is 0 Å². The summed E-state index contributed by atoms with van der Waals surface area (Å²) in [7, 11) is 1.53. The van der Waals surface area contributed by atoms with Crippen LogP contribution in [0.4, 0.5) is 5.69 Å². The fraction of sp³-hybridized carbons (Fsp3) is 0.593. The minimum absolute atomic E-state index is 0.235. The molecular weight excluding hydrogens is 476 g/mol. The monoisotopic (exact) mass is 516 g/mol. The molecule has 1 aromatic carbocycles. The average Bonchev–Trinajstić information content (AvgIpc) is 2.90. The molecule has 1 heterocycles. The van der Waals surface area contributed by atoms with Crippen LogP contribution in [0.1, 0.15) is 79.0 Å². The Labute approximate surface area is 219 Å². The number of carbonyl (C=O) groups excluding carboxylic acids is 4. The smallest absolute Gasteiger partial charge is 0.303 e. The number of likely N-dealkylation sites (N-methyl/N-ethyl adjacent to an activating group) is 1. The molecule has 1 fully saturated rings. The maximum absolute atomic E-state index is 13.6. The number of anilines is 1. The number of hydrogen-bond acceptors (Lipinski definition) is 7. The largest absolute Gasteiger partial charge is 0.481 e. The van der Waals surface area contributed by atoms with Crippen molar-refractivity contribution >= 4 is 36.2 Å². The van der Waals surface area contributed by atoms with Gasteiger partial charge in [-0.25, -0.2) is 0 Å². The number of carbonyl (C=O) groups is 5. The first-order valence-electron chi connectivity index (χ1n) is 13.1. The van der Waals surface area contributed by atoms with Gasteiger partial charge in [0.05, 0.1) is 11.3 Å². The summed E-state index contributed by atoms with van der Waals surface area (Å²) < 4.78 is 0. The third-order valence-electron chi connectivity index (χ3n) is 6.85. The first-order chi connectivity index (χ1) is 17.8. The number of carboxylic acid groups (broad SMARTS) is 1. The van der Waals surface area contributed by atoms with Crippen LogP contribution in [0.25, 0.3) is 0 Å². The predicted octanol–water partition coefficient (Wildman–Crippen LogP) is 2.56. The number of rotatable bonds is 16. The lowest BCUT2D eigenvalue weighted by Crippen LogP contribution is -2.49. The van der Waals surface area contributed by atoms with Crippen LogP contribution < -0.4 is 10.2 Å². The average molecular weight is 517 g/mol. The number of unbranched alkanes of at least 4 members (excludes halogenated alkanes) is 4. The van der Waals surface area contributed by atoms with Crippen molar-refractivity contribution in [3.63, 3.8) is 0 Å². The molecular formula is C27H40N4O6. The first-order valence-corrected chi connectivity index (χ1v) is 13.1. The van der Waals surface area contributed by atoms with E-state index in [4.69, 9.17) is 5.11 Å². The van der Waals surface area contributed by atoms with E-state index in [1.807, 2.05) is 13.0 Å². The minimum atomic E-state index is -0.823. The summed E-state index contributed by atoms with van der Waals surface area (Å²) in [5.41, 5.74) is 1.21. The molecule has 0 radical (unpaired) electrons. The molecule has 1 aliphatic rings. The van der Waals surface area contributed by atoms with Gasteiger partial charge < -0.3 is 14.9 Å². The fourth-order valence-electron chi connectivity index (χ4n) is 4.75. The second kappa shape index (κ2) is 15.8. The van der Waals surface area contributed by atoms with Gasteiger partial charge in [0.25, 0.3) is 5.91 Å². The zero-order valence-electron chi connectivity index (χ0n) is 22.0. The molecule has 1 atom stereocenters. The number of carboxylic acids is 1. The molecule has 0 spiro atoms. The van der Waals surface area contributed by atoms with E-state index in [-0.39, 0.29) is 17.5 Å². The van der Waals surface area contributed by atoms with Crippen LogP contribution in [-0.2, 0) is 14.4 Å². The summed E-state index contributed by atoms with van der Waals surface area (Å²) in [6.07, 6.45) is 7.07. The molecule has 0 aliphatic carbocycles. The van der Waals surface area contributed by atoms with E-state index in [2.05, 4.69) is 15.1 Å². The zero-order valence-corrected chi connectivity index (χ0v) is 22.0. The van der Waals surface area contributed by atoms with Crippen LogP contribution in [0.2, 0.25) is 0 Å². The molecule has 1 unspecified atom stereocenters. The summed E-state index contributed by atoms with van der Waals surface area (Å²) in [5, 5.41) is 10.8. The summed E-state index contributed by atoms with van der Waals surface area (Å²) in [4.78, 5) is 65.1. The van der Waals surface area contributed by atoms with Crippen molar-refractivity contribution < 1.29 is 29.1 Å². The molecule has 2 rings (SSSR count). The van der Waals surface area contributed by atoms with Gasteiger partial charge in [0, 0.05) is 45.2 Å². The maximum atomic E-state index is 13.6. The Bertz CT molecular complexity index is 929. The SMILES string of the molecule is CCCC(C(=O)NC=O)N(C)C(=O)c1c(C=O)cccc1N1CCN(CCCCCCCC(=O)O)CC1. The molecule has 0 bridgehead atoms. The Hall–Kier alpha value is -3.27. The number of hydrogen-bond donors (Lipinski definition) is 2. The Morgan fingerprint density at radius 2 is 1.73 bits per heavy atom. The van der Waals surface area contributed by atoms with Crippen LogP contribution in [-0.4, -0.2) is 91.2 Å². The number of benzene rings is 1. The number of nitrogens with one attached hydrogen (secondary N) is 1. The molecule has 204 valence electrons. The van der Waals surface area contributed by atoms with Gasteiger partial charge in [0.1, 0.15) is 6.04 Å². The van der Waals surface area contributed by atoms with Crippen LogP contribution in [0.15, 0.2) is 18.2 Å². The molecule has 10 nitrogen and oxygen atoms in total. The van der Waals surface area contributed by atoms with E-state index in [0.29, 0.717) is 44.3 Å². The summed E-state index contributed by atoms with van der Waals surface area (Å²) in [5.74, 6) is -1.71. The second-order valence-electron chi connectivity index (χ2n) is 9.45. The molecule has 2 N–H and O–H groups in total. The highest BCUT2D eigenvalue weighted by Crippen LogP contribution is 2.27. The van der Waals surface area contributed by atoms with Crippen molar-refractivity contribution in [1.82, 2.24) is 15.1 Å². The van der Waals surface area contributed by atoms with Crippen LogP contribution in [0, 0.1) is 0 Å². The minimum Gasteiger partial charge on any atom is -0.481 e. The lowest BCUT2D eigenvalue weighted by Gasteiger charge is -2.37. The quantitative estimate of drug-likeness (QED) is 0.254. The van der Waals surface area contributed by atoms with Crippen molar-refractivity contribution in [3.05, 3.63) is 29.3 Å². The molecule has 0 saturated carbocycles. The number of imide groups is 1. The molecule has 1 saturated heterocycles. The van der Waals surface area contributed by atoms with Crippen LogP contribution in [0.3, 0.4) is 0 Å². The number of amides is 3. The van der Waals surface area contributed by atoms with Gasteiger partial charge in [-0.15, -0.1) is 0 Å². The van der Waals surface area contributed by atoms with Gasteiger partial charge >= 0.3 is 5.97 Å². The molecule has 37 heavy (non-hydrogen) atoms. The Balaban J connectivity index is 2.03. The molecule has 10 heteroatoms. The number of nitrogens with zero attached hydrogens (tertiary/aromatic N) is 3. The van der Waals surface area contributed by atoms with Gasteiger partial charge in [-0.3, -0.25) is 34.2 Å². The van der Waals surface area contributed by atoms with Gasteiger partial charge in [0.15, 0.2) is 6.29 Å². The topological polar surface area (TPSA) is 127 Å². The van der Waals surface area contributed by atoms with Crippen LogP contribution in [0.5, 0.6) is 0 Å². The molecule has 1 aliphatic heterocycles. The highest BCUT2D eigenvalue weighted by molar-refractivity contribution is 6.07. The highest BCUT2D eigenvalue weighted by atomic mass is 16.4. The fourth-order valence-corrected chi connectivity index (χ4v) is 4.75. The zero-order chi connectivity index (χ0) is 27.2. The maximum Gasteiger partial charge on any atom is 0.303 e. The standard InChI is InChI=1S/C27H40N4O6/c1-3-10-23(26(36)28-20-33)29(2)27(37)25-21(19-32)11-9-12-22(25)31-17-15-30(16-18-31)14-8-6-4-5-7-13-24(34)35/h9,11-12,19-20,23H,3-8,10,13-18H2,1-2H3,(H,34,35)(H,28,33,36). The Morgan fingerprint density at radius 1 is 1.05 bits per heavy atom. The summed E-state index contributed by atoms with van der Waals surface area (Å²) >= 11 is 0. The first kappa shape index (κ1) is 30.0. The van der Waals surface area contributed by atoms with Crippen molar-refractivity contribution in [2.24, 2.45) is 0 Å². The van der Waals surface area contributed by atoms with E-state index in [0.717, 1.165) is 51.7 Å². The normalized spacial score (nSPS) is 14.6. The summed E-state index contributed by atoms with van der Waals surface area (Å²) in [6, 6.07) is 4.37. The third kappa shape index (κ3) is 8.96. The lowest BCUT2D eigenvalue weighted by molar-refractivity contribution is -0.137. The van der Waals surface area contributed by atoms with E-state index in [1.165, 1.54) is 11.9 Å². The molecule has 0 aromatic heterocycles. The number of piperazine rings is 1. The van der Waals surface area contributed by atoms with Crippen LogP contribution >= 0.6 is 0 Å². The van der Waals surface area contributed by atoms with E-state index < -0.39 is 23.8 Å². The van der Waals surface area contributed by atoms with Gasteiger partial charge in [-0.2, -0.15) is 0 Å². The van der Waals surface area contributed by atoms with Crippen molar-refractivity contribution in [3.8, 4) is 0 Å². The summed E-state index contributed by atoms with van der Waals surface area (Å²) in [6.45, 7) is 5.93. The van der Waals surface area contributed by atoms with Gasteiger partial charge in [-0.1, -0.05) is 44.7 Å². The van der Waals surface area contributed by atoms with E-state index in [9.17, 15) is 24.0 Å². The van der Waals surface area contributed by atoms with Crippen molar-refractivity contribution in [2.75, 3.05) is 44.7 Å². The Kier molecular flexibility index (Phi) is 12.8. The molecule has 3 amide bonds. The van der Waals surface area contributed by atoms with Gasteiger partial charge in [0.2, 0.25) is 12.3 Å². The third-order valence-corrected chi connectivity index (χ3v) is 6.85. The molecule has 1 aromatic rings. The van der Waals surface area contributed by atoms with E-state index in [1.54, 1.807) is 12.1 Å². The second-order valence-corrected chi connectivity index (χ2v) is 9.45. The van der Waals surface area contributed by atoms with Crippen molar-refractivity contribution in [1.29, 1.82) is 0 Å².